The Morgan fingerprint density at radius 1 is 0.818 bits per heavy atom. The summed E-state index contributed by atoms with van der Waals surface area (Å²) in [6, 6.07) is 0. The van der Waals surface area contributed by atoms with Crippen molar-refractivity contribution in [1.82, 2.24) is 0 Å². The van der Waals surface area contributed by atoms with E-state index >= 15 is 0 Å². The first-order valence-corrected chi connectivity index (χ1v) is 8.32. The number of rotatable bonds is 12. The van der Waals surface area contributed by atoms with Gasteiger partial charge in [0.05, 0.1) is 22.5 Å². The van der Waals surface area contributed by atoms with Gasteiger partial charge in [-0.15, -0.1) is 0 Å². The van der Waals surface area contributed by atoms with E-state index in [9.17, 15) is 34.9 Å². The Morgan fingerprint density at radius 3 is 1.77 bits per heavy atom. The van der Waals surface area contributed by atoms with Crippen LogP contribution in [-0.4, -0.2) is 50.1 Å². The molecule has 0 saturated carbocycles. The summed E-state index contributed by atoms with van der Waals surface area (Å²) in [4.78, 5) is 0. The van der Waals surface area contributed by atoms with Gasteiger partial charge in [-0.25, -0.2) is 26.0 Å². The maximum Gasteiger partial charge on any atom is 1.00 e. The molecule has 0 fully saturated rings. The van der Waals surface area contributed by atoms with E-state index in [1.807, 2.05) is 0 Å². The predicted molar refractivity (Wildman–Crippen MR) is 67.8 cm³/mol. The number of halogens is 5. The normalized spacial score (nSPS) is 17.4. The Labute approximate surface area is 170 Å². The van der Waals surface area contributed by atoms with Crippen molar-refractivity contribution in [2.24, 2.45) is 0 Å². The number of hydrogen-bond acceptors (Lipinski definition) is 3. The molecule has 4 unspecified atom stereocenters. The summed E-state index contributed by atoms with van der Waals surface area (Å²) in [5.41, 5.74) is 0. The zero-order valence-corrected chi connectivity index (χ0v) is 16.4. The van der Waals surface area contributed by atoms with Crippen molar-refractivity contribution in [3.8, 4) is 0 Å². The fourth-order valence-corrected chi connectivity index (χ4v) is 2.38. The van der Waals surface area contributed by atoms with Gasteiger partial charge in [0.1, 0.15) is 12.3 Å². The molecule has 0 heterocycles. The van der Waals surface area contributed by atoms with Crippen molar-refractivity contribution < 1.29 is 86.3 Å². The van der Waals surface area contributed by atoms with Gasteiger partial charge in [0.15, 0.2) is 12.3 Å². The number of hydrogen-bond donors (Lipinski definition) is 0. The zero-order chi connectivity index (χ0) is 16.5. The summed E-state index contributed by atoms with van der Waals surface area (Å²) >= 11 is 0. The van der Waals surface area contributed by atoms with Crippen molar-refractivity contribution >= 4 is 10.1 Å². The van der Waals surface area contributed by atoms with Crippen LogP contribution in [0, 0.1) is 0 Å². The molecule has 10 heteroatoms. The minimum Gasteiger partial charge on any atom is -0.748 e. The average Bonchev–Trinajstić information content (AvgIpc) is 2.38. The summed E-state index contributed by atoms with van der Waals surface area (Å²) in [6.45, 7) is -0.442. The second-order valence-electron chi connectivity index (χ2n) is 4.89. The van der Waals surface area contributed by atoms with E-state index in [0.717, 1.165) is 0 Å². The van der Waals surface area contributed by atoms with Crippen LogP contribution in [0.15, 0.2) is 0 Å². The largest absolute Gasteiger partial charge is 1.00 e. The van der Waals surface area contributed by atoms with Crippen molar-refractivity contribution in [1.29, 1.82) is 0 Å². The molecule has 0 aromatic rings. The molecule has 0 bridgehead atoms. The molecular weight excluding hydrogens is 358 g/mol. The van der Waals surface area contributed by atoms with Crippen LogP contribution < -0.4 is 51.4 Å². The first-order chi connectivity index (χ1) is 9.69. The van der Waals surface area contributed by atoms with Gasteiger partial charge in [-0.1, -0.05) is 25.7 Å². The maximum atomic E-state index is 13.3. The molecule has 0 spiro atoms. The van der Waals surface area contributed by atoms with Gasteiger partial charge in [-0.05, 0) is 12.8 Å². The summed E-state index contributed by atoms with van der Waals surface area (Å²) in [5.74, 6) is -1.72. The Bertz CT molecular complexity index is 372. The van der Waals surface area contributed by atoms with E-state index in [-0.39, 0.29) is 64.2 Å². The molecule has 0 saturated heterocycles. The summed E-state index contributed by atoms with van der Waals surface area (Å²) in [6.07, 6.45) is -8.91. The number of alkyl halides is 5. The van der Waals surface area contributed by atoms with Crippen molar-refractivity contribution in [2.45, 2.75) is 63.2 Å². The van der Waals surface area contributed by atoms with E-state index in [0.29, 0.717) is 25.7 Å². The Hall–Kier alpha value is 1.20. The van der Waals surface area contributed by atoms with E-state index in [2.05, 4.69) is 0 Å². The second kappa shape index (κ2) is 13.5. The third kappa shape index (κ3) is 12.6. The SMILES string of the molecule is O=S(=O)([O-])CC(F)C(F)C(F)C(F)CCCCCCCF.[K+]. The molecule has 0 amide bonds. The van der Waals surface area contributed by atoms with Crippen LogP contribution in [0.5, 0.6) is 0 Å². The second-order valence-corrected chi connectivity index (χ2v) is 6.34. The van der Waals surface area contributed by atoms with Crippen LogP contribution in [0.1, 0.15) is 38.5 Å². The Morgan fingerprint density at radius 2 is 1.27 bits per heavy atom. The van der Waals surface area contributed by atoms with Crippen LogP contribution >= 0.6 is 0 Å². The Kier molecular flexibility index (Phi) is 15.6. The van der Waals surface area contributed by atoms with Gasteiger partial charge in [0, 0.05) is 0 Å². The van der Waals surface area contributed by atoms with Gasteiger partial charge >= 0.3 is 51.4 Å². The van der Waals surface area contributed by atoms with Crippen molar-refractivity contribution in [2.75, 3.05) is 12.4 Å². The molecule has 22 heavy (non-hydrogen) atoms. The van der Waals surface area contributed by atoms with Crippen molar-refractivity contribution in [3.63, 3.8) is 0 Å². The van der Waals surface area contributed by atoms with Crippen LogP contribution in [0.3, 0.4) is 0 Å². The zero-order valence-electron chi connectivity index (χ0n) is 12.5. The van der Waals surface area contributed by atoms with Crippen molar-refractivity contribution in [3.05, 3.63) is 0 Å². The van der Waals surface area contributed by atoms with Gasteiger partial charge < -0.3 is 4.55 Å². The molecule has 0 aliphatic heterocycles. The van der Waals surface area contributed by atoms with E-state index in [1.165, 1.54) is 0 Å². The summed E-state index contributed by atoms with van der Waals surface area (Å²) in [7, 11) is -5.04. The van der Waals surface area contributed by atoms with E-state index in [1.54, 1.807) is 0 Å². The molecule has 4 atom stereocenters. The van der Waals surface area contributed by atoms with Gasteiger partial charge in [-0.3, -0.25) is 4.39 Å². The number of unbranched alkanes of at least 4 members (excludes halogenated alkanes) is 4. The fourth-order valence-electron chi connectivity index (χ4n) is 1.81. The minimum absolute atomic E-state index is 0. The Balaban J connectivity index is 0. The van der Waals surface area contributed by atoms with Crippen LogP contribution in [0.4, 0.5) is 22.0 Å². The quantitative estimate of drug-likeness (QED) is 0.211. The van der Waals surface area contributed by atoms with Crippen LogP contribution in [0.2, 0.25) is 0 Å². The molecule has 0 aromatic carbocycles. The third-order valence-electron chi connectivity index (χ3n) is 2.97. The van der Waals surface area contributed by atoms with Crippen LogP contribution in [0.25, 0.3) is 0 Å². The predicted octanol–water partition coefficient (Wildman–Crippen LogP) is 0.198. The molecule has 0 radical (unpaired) electrons. The summed E-state index contributed by atoms with van der Waals surface area (Å²) < 4.78 is 95.4. The van der Waals surface area contributed by atoms with Gasteiger partial charge in [0.25, 0.3) is 0 Å². The average molecular weight is 378 g/mol. The van der Waals surface area contributed by atoms with Gasteiger partial charge in [0.2, 0.25) is 0 Å². The fraction of sp³-hybridized carbons (Fsp3) is 1.00. The van der Waals surface area contributed by atoms with E-state index < -0.39 is 47.2 Å². The molecular formula is C12H20F5KO3S. The molecule has 0 N–H and O–H groups in total. The minimum atomic E-state index is -5.04. The first kappa shape index (κ1) is 25.4. The first-order valence-electron chi connectivity index (χ1n) is 6.75. The standard InChI is InChI=1S/C12H21F5O3S.K/c13-7-5-3-1-2-4-6-9(14)11(16)12(17)10(15)8-21(18,19)20;/h9-12H,1-8H2,(H,18,19,20);/q;+1/p-1. The monoisotopic (exact) mass is 378 g/mol. The summed E-state index contributed by atoms with van der Waals surface area (Å²) in [5, 5.41) is 0. The molecule has 3 nitrogen and oxygen atoms in total. The molecule has 0 aliphatic carbocycles. The third-order valence-corrected chi connectivity index (χ3v) is 3.70. The van der Waals surface area contributed by atoms with E-state index in [4.69, 9.17) is 0 Å². The topological polar surface area (TPSA) is 57.2 Å². The molecule has 128 valence electrons. The van der Waals surface area contributed by atoms with Gasteiger partial charge in [-0.2, -0.15) is 0 Å². The molecule has 0 aliphatic rings. The smallest absolute Gasteiger partial charge is 0.748 e. The maximum absolute atomic E-state index is 13.3. The molecule has 0 rings (SSSR count). The van der Waals surface area contributed by atoms with Crippen LogP contribution in [-0.2, 0) is 10.1 Å². The molecule has 0 aromatic heterocycles.